The maximum absolute atomic E-state index is 12.6. The third-order valence-corrected chi connectivity index (χ3v) is 3.78. The molecule has 8 nitrogen and oxygen atoms in total. The van der Waals surface area contributed by atoms with E-state index in [0.717, 1.165) is 5.56 Å². The zero-order valence-electron chi connectivity index (χ0n) is 13.3. The second-order valence-electron chi connectivity index (χ2n) is 5.50. The van der Waals surface area contributed by atoms with Gasteiger partial charge in [0.1, 0.15) is 17.2 Å². The summed E-state index contributed by atoms with van der Waals surface area (Å²) in [6.45, 7) is 1.52. The lowest BCUT2D eigenvalue weighted by Gasteiger charge is -2.14. The second-order valence-corrected chi connectivity index (χ2v) is 5.50. The molecule has 25 heavy (non-hydrogen) atoms. The Balaban J connectivity index is 1.91. The van der Waals surface area contributed by atoms with Crippen molar-refractivity contribution in [3.8, 4) is 0 Å². The maximum atomic E-state index is 12.6. The lowest BCUT2D eigenvalue weighted by molar-refractivity contribution is -0.139. The van der Waals surface area contributed by atoms with Crippen LogP contribution in [0.4, 0.5) is 0 Å². The predicted molar refractivity (Wildman–Crippen MR) is 88.4 cm³/mol. The summed E-state index contributed by atoms with van der Waals surface area (Å²) in [5, 5.41) is 11.8. The molecular formula is C17H15N3O5. The van der Waals surface area contributed by atoms with E-state index in [2.05, 4.69) is 15.3 Å². The topological polar surface area (TPSA) is 125 Å². The van der Waals surface area contributed by atoms with Crippen molar-refractivity contribution >= 4 is 23.0 Å². The number of hydrogen-bond donors (Lipinski definition) is 3. The number of nitrogens with one attached hydrogen (secondary N) is 2. The Morgan fingerprint density at radius 2 is 2.04 bits per heavy atom. The number of amides is 1. The number of hydrogen-bond acceptors (Lipinski definition) is 5. The van der Waals surface area contributed by atoms with Crippen LogP contribution in [0.25, 0.3) is 11.1 Å². The number of aryl methyl sites for hydroxylation is 1. The van der Waals surface area contributed by atoms with E-state index in [4.69, 9.17) is 4.42 Å². The highest BCUT2D eigenvalue weighted by Gasteiger charge is 2.26. The van der Waals surface area contributed by atoms with Crippen LogP contribution in [0.3, 0.4) is 0 Å². The van der Waals surface area contributed by atoms with Gasteiger partial charge in [-0.3, -0.25) is 9.59 Å². The van der Waals surface area contributed by atoms with Crippen molar-refractivity contribution in [1.82, 2.24) is 15.3 Å². The number of carbonyl (C=O) groups excluding carboxylic acids is 1. The van der Waals surface area contributed by atoms with Gasteiger partial charge in [-0.05, 0) is 12.5 Å². The number of furan rings is 1. The van der Waals surface area contributed by atoms with Crippen LogP contribution in [0.15, 0.2) is 45.9 Å². The van der Waals surface area contributed by atoms with Crippen LogP contribution in [0.5, 0.6) is 0 Å². The van der Waals surface area contributed by atoms with Crippen LogP contribution < -0.4 is 10.9 Å². The molecule has 0 aliphatic carbocycles. The first kappa shape index (κ1) is 16.4. The number of benzene rings is 1. The van der Waals surface area contributed by atoms with Crippen molar-refractivity contribution < 1.29 is 19.1 Å². The molecule has 0 saturated heterocycles. The number of nitrogens with zero attached hydrogens (tertiary/aromatic N) is 1. The second kappa shape index (κ2) is 6.60. The summed E-state index contributed by atoms with van der Waals surface area (Å²) in [6.07, 6.45) is 1.29. The third-order valence-electron chi connectivity index (χ3n) is 3.78. The van der Waals surface area contributed by atoms with E-state index in [9.17, 15) is 19.5 Å². The number of fused-ring (bicyclic) bond motifs is 1. The average Bonchev–Trinajstić information content (AvgIpc) is 2.92. The van der Waals surface area contributed by atoms with Crippen LogP contribution >= 0.6 is 0 Å². The minimum Gasteiger partial charge on any atom is -0.480 e. The quantitative estimate of drug-likeness (QED) is 0.641. The van der Waals surface area contributed by atoms with Gasteiger partial charge in [-0.25, -0.2) is 9.78 Å². The van der Waals surface area contributed by atoms with Gasteiger partial charge in [-0.2, -0.15) is 0 Å². The molecular weight excluding hydrogens is 326 g/mol. The Labute approximate surface area is 141 Å². The predicted octanol–water partition coefficient (Wildman–Crippen LogP) is 1.25. The molecule has 0 bridgehead atoms. The summed E-state index contributed by atoms with van der Waals surface area (Å²) < 4.78 is 5.32. The standard InChI is InChI=1S/C17H15N3O5/c1-9-12(13-14(21)18-8-19-16(13)25-9)15(22)20-11(17(23)24)7-10-5-3-2-4-6-10/h2-6,8,11H,7H2,1H3,(H,20,22)(H,23,24)(H,18,19,21). The molecule has 3 rings (SSSR count). The van der Waals surface area contributed by atoms with Gasteiger partial charge in [0.2, 0.25) is 5.71 Å². The number of aliphatic carboxylic acids is 1. The van der Waals surface area contributed by atoms with Crippen molar-refractivity contribution in [1.29, 1.82) is 0 Å². The highest BCUT2D eigenvalue weighted by atomic mass is 16.4. The van der Waals surface area contributed by atoms with E-state index in [-0.39, 0.29) is 28.8 Å². The van der Waals surface area contributed by atoms with Crippen LogP contribution in [-0.2, 0) is 11.2 Å². The number of H-pyrrole nitrogens is 1. The van der Waals surface area contributed by atoms with Crippen LogP contribution in [-0.4, -0.2) is 33.0 Å². The van der Waals surface area contributed by atoms with Crippen molar-refractivity contribution in [3.63, 3.8) is 0 Å². The summed E-state index contributed by atoms with van der Waals surface area (Å²) in [4.78, 5) is 42.3. The molecule has 3 N–H and O–H groups in total. The van der Waals surface area contributed by atoms with Gasteiger partial charge in [-0.15, -0.1) is 0 Å². The van der Waals surface area contributed by atoms with Crippen LogP contribution in [0.1, 0.15) is 21.7 Å². The van der Waals surface area contributed by atoms with E-state index in [1.165, 1.54) is 13.3 Å². The molecule has 128 valence electrons. The molecule has 1 atom stereocenters. The molecule has 8 heteroatoms. The average molecular weight is 341 g/mol. The number of carbonyl (C=O) groups is 2. The SMILES string of the molecule is Cc1oc2nc[nH]c(=O)c2c1C(=O)NC(Cc1ccccc1)C(=O)O. The van der Waals surface area contributed by atoms with Gasteiger partial charge in [0.25, 0.3) is 11.5 Å². The Hall–Kier alpha value is -3.42. The minimum absolute atomic E-state index is 0.00125. The fraction of sp³-hybridized carbons (Fsp3) is 0.176. The molecule has 0 aliphatic rings. The molecule has 1 unspecified atom stereocenters. The van der Waals surface area contributed by atoms with Crippen LogP contribution in [0.2, 0.25) is 0 Å². The number of carboxylic acid groups (broad SMARTS) is 1. The van der Waals surface area contributed by atoms with Crippen molar-refractivity contribution in [3.05, 3.63) is 63.9 Å². The van der Waals surface area contributed by atoms with E-state index >= 15 is 0 Å². The highest BCUT2D eigenvalue weighted by molar-refractivity contribution is 6.07. The number of carboxylic acids is 1. The highest BCUT2D eigenvalue weighted by Crippen LogP contribution is 2.20. The Morgan fingerprint density at radius 3 is 2.72 bits per heavy atom. The molecule has 1 amide bonds. The Bertz CT molecular complexity index is 990. The lowest BCUT2D eigenvalue weighted by Crippen LogP contribution is -2.42. The van der Waals surface area contributed by atoms with Gasteiger partial charge in [0, 0.05) is 6.42 Å². The lowest BCUT2D eigenvalue weighted by atomic mass is 10.1. The third kappa shape index (κ3) is 3.27. The summed E-state index contributed by atoms with van der Waals surface area (Å²) >= 11 is 0. The summed E-state index contributed by atoms with van der Waals surface area (Å²) in [7, 11) is 0. The zero-order valence-corrected chi connectivity index (χ0v) is 13.3. The first-order valence-corrected chi connectivity index (χ1v) is 7.51. The molecule has 0 fully saturated rings. The van der Waals surface area contributed by atoms with Gasteiger partial charge in [0.05, 0.1) is 11.9 Å². The van der Waals surface area contributed by atoms with Gasteiger partial charge in [0.15, 0.2) is 0 Å². The van der Waals surface area contributed by atoms with Gasteiger partial charge < -0.3 is 19.8 Å². The summed E-state index contributed by atoms with van der Waals surface area (Å²) in [5.74, 6) is -1.67. The number of rotatable bonds is 5. The first-order chi connectivity index (χ1) is 12.0. The fourth-order valence-electron chi connectivity index (χ4n) is 2.61. The molecule has 0 aliphatic heterocycles. The first-order valence-electron chi connectivity index (χ1n) is 7.51. The summed E-state index contributed by atoms with van der Waals surface area (Å²) in [6, 6.07) is 7.79. The molecule has 0 saturated carbocycles. The fourth-order valence-corrected chi connectivity index (χ4v) is 2.61. The largest absolute Gasteiger partial charge is 0.480 e. The molecule has 0 spiro atoms. The van der Waals surface area contributed by atoms with E-state index in [1.807, 2.05) is 6.07 Å². The molecule has 2 aromatic heterocycles. The summed E-state index contributed by atoms with van der Waals surface area (Å²) in [5.41, 5.74) is 0.260. The molecule has 3 aromatic rings. The van der Waals surface area contributed by atoms with E-state index < -0.39 is 23.5 Å². The van der Waals surface area contributed by atoms with Crippen LogP contribution in [0, 0.1) is 6.92 Å². The maximum Gasteiger partial charge on any atom is 0.326 e. The Morgan fingerprint density at radius 1 is 1.32 bits per heavy atom. The van der Waals surface area contributed by atoms with Crippen molar-refractivity contribution in [2.75, 3.05) is 0 Å². The molecule has 0 radical (unpaired) electrons. The van der Waals surface area contributed by atoms with Crippen molar-refractivity contribution in [2.45, 2.75) is 19.4 Å². The van der Waals surface area contributed by atoms with Crippen molar-refractivity contribution in [2.24, 2.45) is 0 Å². The normalized spacial score (nSPS) is 12.0. The zero-order chi connectivity index (χ0) is 18.0. The monoisotopic (exact) mass is 341 g/mol. The van der Waals surface area contributed by atoms with Gasteiger partial charge >= 0.3 is 5.97 Å². The Kier molecular flexibility index (Phi) is 4.34. The molecule has 1 aromatic carbocycles. The van der Waals surface area contributed by atoms with Gasteiger partial charge in [-0.1, -0.05) is 30.3 Å². The number of aromatic nitrogens is 2. The van der Waals surface area contributed by atoms with E-state index in [1.54, 1.807) is 24.3 Å². The van der Waals surface area contributed by atoms with E-state index in [0.29, 0.717) is 0 Å². The minimum atomic E-state index is -1.17. The smallest absolute Gasteiger partial charge is 0.326 e. The molecule has 2 heterocycles. The number of aromatic amines is 1.